The van der Waals surface area contributed by atoms with Crippen LogP contribution in [0.3, 0.4) is 0 Å². The maximum atomic E-state index is 12.8. The first kappa shape index (κ1) is 11.3. The molecule has 1 atom stereocenters. The molecule has 0 aliphatic heterocycles. The fourth-order valence-electron chi connectivity index (χ4n) is 1.78. The van der Waals surface area contributed by atoms with Gasteiger partial charge >= 0.3 is 5.97 Å². The Balaban J connectivity index is 2.43. The highest BCUT2D eigenvalue weighted by Crippen LogP contribution is 2.24. The predicted molar refractivity (Wildman–Crippen MR) is 62.3 cm³/mol. The standard InChI is InChI=1S/C14H11FO2/c15-12-8-6-11(7-9-12)13(14(16)17)10-4-2-1-3-5-10/h1-9,13H,(H,16,17)/t13-/m1/s1. The normalized spacial score (nSPS) is 12.1. The van der Waals surface area contributed by atoms with Crippen LogP contribution in [0.1, 0.15) is 17.0 Å². The molecular formula is C14H11FO2. The second-order valence-electron chi connectivity index (χ2n) is 3.73. The molecule has 0 aromatic heterocycles. The van der Waals surface area contributed by atoms with Gasteiger partial charge < -0.3 is 5.11 Å². The van der Waals surface area contributed by atoms with Crippen LogP contribution in [0.2, 0.25) is 0 Å². The van der Waals surface area contributed by atoms with Crippen molar-refractivity contribution in [3.05, 3.63) is 71.5 Å². The molecule has 0 spiro atoms. The van der Waals surface area contributed by atoms with E-state index in [1.54, 1.807) is 24.3 Å². The lowest BCUT2D eigenvalue weighted by Crippen LogP contribution is -2.12. The third kappa shape index (κ3) is 2.50. The highest BCUT2D eigenvalue weighted by Gasteiger charge is 2.21. The zero-order valence-electron chi connectivity index (χ0n) is 9.01. The van der Waals surface area contributed by atoms with Crippen molar-refractivity contribution in [2.75, 3.05) is 0 Å². The van der Waals surface area contributed by atoms with Crippen LogP contribution in [0.4, 0.5) is 4.39 Å². The number of hydrogen-bond donors (Lipinski definition) is 1. The van der Waals surface area contributed by atoms with Crippen LogP contribution in [-0.2, 0) is 4.79 Å². The summed E-state index contributed by atoms with van der Waals surface area (Å²) in [5.41, 5.74) is 1.26. The molecule has 3 heteroatoms. The molecule has 0 saturated heterocycles. The quantitative estimate of drug-likeness (QED) is 0.879. The molecule has 86 valence electrons. The van der Waals surface area contributed by atoms with Crippen molar-refractivity contribution in [1.29, 1.82) is 0 Å². The SMILES string of the molecule is O=C(O)[C@H](c1ccccc1)c1ccc(F)cc1. The Morgan fingerprint density at radius 2 is 1.47 bits per heavy atom. The molecule has 0 fully saturated rings. The summed E-state index contributed by atoms with van der Waals surface area (Å²) in [5, 5.41) is 9.26. The molecule has 1 N–H and O–H groups in total. The molecule has 2 nitrogen and oxygen atoms in total. The third-order valence-corrected chi connectivity index (χ3v) is 2.58. The fraction of sp³-hybridized carbons (Fsp3) is 0.0714. The number of carbonyl (C=O) groups is 1. The van der Waals surface area contributed by atoms with Crippen LogP contribution in [0.15, 0.2) is 54.6 Å². The number of carboxylic acid groups (broad SMARTS) is 1. The van der Waals surface area contributed by atoms with Crippen molar-refractivity contribution >= 4 is 5.97 Å². The van der Waals surface area contributed by atoms with Gasteiger partial charge in [0, 0.05) is 0 Å². The molecule has 0 aliphatic carbocycles. The van der Waals surface area contributed by atoms with Gasteiger partial charge in [-0.1, -0.05) is 42.5 Å². The smallest absolute Gasteiger partial charge is 0.315 e. The summed E-state index contributed by atoms with van der Waals surface area (Å²) >= 11 is 0. The minimum atomic E-state index is -0.942. The highest BCUT2D eigenvalue weighted by molar-refractivity contribution is 5.80. The summed E-state index contributed by atoms with van der Waals surface area (Å²) in [6.07, 6.45) is 0. The summed E-state index contributed by atoms with van der Waals surface area (Å²) < 4.78 is 12.8. The van der Waals surface area contributed by atoms with Gasteiger partial charge in [0.1, 0.15) is 11.7 Å². The summed E-state index contributed by atoms with van der Waals surface area (Å²) in [7, 11) is 0. The molecule has 0 amide bonds. The molecule has 2 rings (SSSR count). The monoisotopic (exact) mass is 230 g/mol. The predicted octanol–water partition coefficient (Wildman–Crippen LogP) is 3.04. The fourth-order valence-corrected chi connectivity index (χ4v) is 1.78. The second kappa shape index (κ2) is 4.78. The van der Waals surface area contributed by atoms with Crippen LogP contribution >= 0.6 is 0 Å². The van der Waals surface area contributed by atoms with E-state index in [-0.39, 0.29) is 5.82 Å². The molecule has 0 bridgehead atoms. The molecule has 0 heterocycles. The lowest BCUT2D eigenvalue weighted by atomic mass is 9.91. The van der Waals surface area contributed by atoms with E-state index < -0.39 is 11.9 Å². The van der Waals surface area contributed by atoms with E-state index >= 15 is 0 Å². The number of carboxylic acids is 1. The lowest BCUT2D eigenvalue weighted by molar-refractivity contribution is -0.137. The Morgan fingerprint density at radius 3 is 2.00 bits per heavy atom. The Bertz CT molecular complexity index is 506. The highest BCUT2D eigenvalue weighted by atomic mass is 19.1. The van der Waals surface area contributed by atoms with E-state index in [1.165, 1.54) is 24.3 Å². The number of hydrogen-bond acceptors (Lipinski definition) is 1. The molecule has 0 unspecified atom stereocenters. The van der Waals surface area contributed by atoms with E-state index in [2.05, 4.69) is 0 Å². The van der Waals surface area contributed by atoms with Crippen molar-refractivity contribution in [1.82, 2.24) is 0 Å². The van der Waals surface area contributed by atoms with Gasteiger partial charge in [-0.3, -0.25) is 4.79 Å². The average Bonchev–Trinajstić information content (AvgIpc) is 2.33. The van der Waals surface area contributed by atoms with Crippen molar-refractivity contribution in [3.8, 4) is 0 Å². The molecule has 17 heavy (non-hydrogen) atoms. The Kier molecular flexibility index (Phi) is 3.19. The average molecular weight is 230 g/mol. The van der Waals surface area contributed by atoms with E-state index in [0.29, 0.717) is 11.1 Å². The lowest BCUT2D eigenvalue weighted by Gasteiger charge is -2.12. The molecule has 0 radical (unpaired) electrons. The van der Waals surface area contributed by atoms with Crippen LogP contribution in [-0.4, -0.2) is 11.1 Å². The summed E-state index contributed by atoms with van der Waals surface area (Å²) in [4.78, 5) is 11.3. The number of benzene rings is 2. The molecule has 2 aromatic rings. The van der Waals surface area contributed by atoms with Gasteiger partial charge in [-0.05, 0) is 23.3 Å². The summed E-state index contributed by atoms with van der Waals surface area (Å²) in [6, 6.07) is 14.5. The van der Waals surface area contributed by atoms with Crippen molar-refractivity contribution < 1.29 is 14.3 Å². The third-order valence-electron chi connectivity index (χ3n) is 2.58. The van der Waals surface area contributed by atoms with E-state index in [0.717, 1.165) is 0 Å². The maximum Gasteiger partial charge on any atom is 0.315 e. The van der Waals surface area contributed by atoms with Crippen LogP contribution in [0, 0.1) is 5.82 Å². The van der Waals surface area contributed by atoms with Gasteiger partial charge in [0.25, 0.3) is 0 Å². The number of halogens is 1. The van der Waals surface area contributed by atoms with Crippen LogP contribution < -0.4 is 0 Å². The summed E-state index contributed by atoms with van der Waals surface area (Å²) in [6.45, 7) is 0. The van der Waals surface area contributed by atoms with E-state index in [4.69, 9.17) is 0 Å². The Hall–Kier alpha value is -2.16. The van der Waals surface area contributed by atoms with Gasteiger partial charge in [-0.2, -0.15) is 0 Å². The van der Waals surface area contributed by atoms with Crippen LogP contribution in [0.5, 0.6) is 0 Å². The minimum absolute atomic E-state index is 0.369. The van der Waals surface area contributed by atoms with Gasteiger partial charge in [0.05, 0.1) is 0 Å². The molecular weight excluding hydrogens is 219 g/mol. The topological polar surface area (TPSA) is 37.3 Å². The van der Waals surface area contributed by atoms with E-state index in [1.807, 2.05) is 6.07 Å². The van der Waals surface area contributed by atoms with Crippen LogP contribution in [0.25, 0.3) is 0 Å². The zero-order valence-corrected chi connectivity index (χ0v) is 9.01. The van der Waals surface area contributed by atoms with Gasteiger partial charge in [-0.15, -0.1) is 0 Å². The first-order valence-corrected chi connectivity index (χ1v) is 5.21. The van der Waals surface area contributed by atoms with Crippen molar-refractivity contribution in [2.45, 2.75) is 5.92 Å². The largest absolute Gasteiger partial charge is 0.481 e. The zero-order chi connectivity index (χ0) is 12.3. The Labute approximate surface area is 98.3 Å². The van der Waals surface area contributed by atoms with E-state index in [9.17, 15) is 14.3 Å². The first-order valence-electron chi connectivity index (χ1n) is 5.21. The molecule has 0 aliphatic rings. The van der Waals surface area contributed by atoms with Gasteiger partial charge in [-0.25, -0.2) is 4.39 Å². The molecule has 2 aromatic carbocycles. The van der Waals surface area contributed by atoms with Gasteiger partial charge in [0.2, 0.25) is 0 Å². The maximum absolute atomic E-state index is 12.8. The summed E-state index contributed by atoms with van der Waals surface area (Å²) in [5.74, 6) is -2.06. The Morgan fingerprint density at radius 1 is 0.941 bits per heavy atom. The first-order chi connectivity index (χ1) is 8.18. The van der Waals surface area contributed by atoms with Gasteiger partial charge in [0.15, 0.2) is 0 Å². The number of aliphatic carboxylic acids is 1. The second-order valence-corrected chi connectivity index (χ2v) is 3.73. The van der Waals surface area contributed by atoms with Crippen molar-refractivity contribution in [2.24, 2.45) is 0 Å². The molecule has 0 saturated carbocycles. The minimum Gasteiger partial charge on any atom is -0.481 e. The number of rotatable bonds is 3. The van der Waals surface area contributed by atoms with Crippen molar-refractivity contribution in [3.63, 3.8) is 0 Å².